The van der Waals surface area contributed by atoms with Crippen molar-refractivity contribution >= 4 is 65.0 Å². The fourth-order valence-corrected chi connectivity index (χ4v) is 10.7. The van der Waals surface area contributed by atoms with Gasteiger partial charge in [0.25, 0.3) is 0 Å². The van der Waals surface area contributed by atoms with Gasteiger partial charge in [0.05, 0.1) is 18.2 Å². The molecule has 1 aliphatic heterocycles. The van der Waals surface area contributed by atoms with Crippen LogP contribution in [0.4, 0.5) is 0 Å². The third-order valence-electron chi connectivity index (χ3n) is 16.1. The summed E-state index contributed by atoms with van der Waals surface area (Å²) in [5, 5.41) is 34.2. The topological polar surface area (TPSA) is 299 Å². The average molecular weight is 1220 g/mol. The molecule has 0 saturated carbocycles. The predicted octanol–water partition coefficient (Wildman–Crippen LogP) is 2.38. The minimum atomic E-state index is -1.64. The fraction of sp³-hybridized carbons (Fsp3) is 0.790. The molecule has 24 nitrogen and oxygen atoms in total. The maximum Gasteiger partial charge on any atom is 0.246 e. The van der Waals surface area contributed by atoms with Gasteiger partial charge >= 0.3 is 0 Å². The molecule has 0 spiro atoms. The molecule has 492 valence electrons. The van der Waals surface area contributed by atoms with Gasteiger partial charge in [-0.05, 0) is 102 Å². The molecule has 1 rings (SSSR count). The summed E-state index contributed by atoms with van der Waals surface area (Å²) < 4.78 is 0. The van der Waals surface area contributed by atoms with Crippen molar-refractivity contribution in [3.8, 4) is 0 Å². The molecule has 11 amide bonds. The summed E-state index contributed by atoms with van der Waals surface area (Å²) in [5.74, 6) is -10.3. The van der Waals surface area contributed by atoms with E-state index in [4.69, 9.17) is 0 Å². The first-order valence-corrected chi connectivity index (χ1v) is 30.6. The molecule has 1 heterocycles. The molecule has 0 aromatic rings. The van der Waals surface area contributed by atoms with Crippen LogP contribution in [-0.4, -0.2) is 237 Å². The van der Waals surface area contributed by atoms with Crippen LogP contribution in [0, 0.1) is 35.5 Å². The minimum Gasteiger partial charge on any atom is -0.390 e. The van der Waals surface area contributed by atoms with Gasteiger partial charge in [-0.15, -0.1) is 0 Å². The predicted molar refractivity (Wildman–Crippen MR) is 330 cm³/mol. The van der Waals surface area contributed by atoms with E-state index in [1.54, 1.807) is 60.6 Å². The van der Waals surface area contributed by atoms with E-state index in [1.165, 1.54) is 96.6 Å². The van der Waals surface area contributed by atoms with Gasteiger partial charge in [-0.25, -0.2) is 0 Å². The Kier molecular flexibility index (Phi) is 31.1. The molecule has 0 aliphatic carbocycles. The normalized spacial score (nSPS) is 26.9. The molecular weight excluding hydrogens is 1110 g/mol. The number of hydrogen-bond donors (Lipinski definition) is 6. The van der Waals surface area contributed by atoms with Gasteiger partial charge in [0.15, 0.2) is 0 Å². The van der Waals surface area contributed by atoms with Crippen molar-refractivity contribution in [3.05, 3.63) is 12.2 Å². The first-order chi connectivity index (χ1) is 39.5. The summed E-state index contributed by atoms with van der Waals surface area (Å²) in [4.78, 5) is 168. The number of amides is 11. The van der Waals surface area contributed by atoms with Gasteiger partial charge < -0.3 is 65.8 Å². The first-order valence-electron chi connectivity index (χ1n) is 30.6. The van der Waals surface area contributed by atoms with Crippen LogP contribution in [0.2, 0.25) is 0 Å². The minimum absolute atomic E-state index is 0.00763. The van der Waals surface area contributed by atoms with Gasteiger partial charge in [-0.3, -0.25) is 52.7 Å². The number of rotatable bonds is 15. The van der Waals surface area contributed by atoms with E-state index < -0.39 is 161 Å². The van der Waals surface area contributed by atoms with Crippen molar-refractivity contribution in [1.82, 2.24) is 55.6 Å². The number of carbonyl (C=O) groups is 11. The van der Waals surface area contributed by atoms with Crippen molar-refractivity contribution in [2.75, 3.05) is 55.9 Å². The molecule has 6 N–H and O–H groups in total. The number of allylic oxidation sites excluding steroid dienone is 2. The lowest BCUT2D eigenvalue weighted by Crippen LogP contribution is -2.63. The molecule has 0 radical (unpaired) electrons. The van der Waals surface area contributed by atoms with E-state index in [2.05, 4.69) is 21.3 Å². The third-order valence-corrected chi connectivity index (χ3v) is 16.1. The van der Waals surface area contributed by atoms with Crippen LogP contribution in [0.3, 0.4) is 0 Å². The Morgan fingerprint density at radius 1 is 0.512 bits per heavy atom. The van der Waals surface area contributed by atoms with Crippen LogP contribution in [0.1, 0.15) is 156 Å². The third kappa shape index (κ3) is 21.9. The SMILES string of the molecule is CC=CC[C@@H](C)[C@@H](O)C1C(=O)N[C@@H](CC)C(=O)N(C)CC(=O)N(C)[C@@H](CC(C)C)C(=O)N[C@@H](C(C)C)C(=O)N(C)[C@@H](CC(C)C)C(=O)N[C@@H](C)C(=O)N[C@H](C)C(=O)N(C)[C@@H](CC(C)(C)O)C(=O)N(C)[C@@H](CC(C)C)C(=O)N(C)[C@@H](C(C)C)C(=O)N1C. The number of aliphatic hydroxyl groups is 2. The Hall–Kier alpha value is -6.17. The highest BCUT2D eigenvalue weighted by Gasteiger charge is 2.46. The van der Waals surface area contributed by atoms with Crippen LogP contribution < -0.4 is 21.3 Å². The Labute approximate surface area is 513 Å². The molecule has 1 unspecified atom stereocenters. The summed E-state index contributed by atoms with van der Waals surface area (Å²) in [5.41, 5.74) is -1.56. The van der Waals surface area contributed by atoms with Crippen LogP contribution in [0.15, 0.2) is 12.2 Å². The molecule has 0 aromatic heterocycles. The van der Waals surface area contributed by atoms with Gasteiger partial charge in [0.1, 0.15) is 60.4 Å². The fourth-order valence-electron chi connectivity index (χ4n) is 10.7. The smallest absolute Gasteiger partial charge is 0.246 e. The summed E-state index contributed by atoms with van der Waals surface area (Å²) >= 11 is 0. The molecular formula is C62H111N11O13. The lowest BCUT2D eigenvalue weighted by molar-refractivity contribution is -0.158. The van der Waals surface area contributed by atoms with E-state index in [1.807, 2.05) is 41.5 Å². The van der Waals surface area contributed by atoms with Gasteiger partial charge in [0.2, 0.25) is 65.0 Å². The van der Waals surface area contributed by atoms with E-state index in [0.717, 1.165) is 14.7 Å². The number of nitrogens with one attached hydrogen (secondary N) is 4. The van der Waals surface area contributed by atoms with Crippen LogP contribution >= 0.6 is 0 Å². The second-order valence-corrected chi connectivity index (χ2v) is 26.5. The highest BCUT2D eigenvalue weighted by atomic mass is 16.3. The lowest BCUT2D eigenvalue weighted by atomic mass is 9.91. The highest BCUT2D eigenvalue weighted by Crippen LogP contribution is 2.26. The highest BCUT2D eigenvalue weighted by molar-refractivity contribution is 5.99. The summed E-state index contributed by atoms with van der Waals surface area (Å²) in [7, 11) is 9.63. The maximum absolute atomic E-state index is 15.1. The molecule has 0 bridgehead atoms. The van der Waals surface area contributed by atoms with Crippen molar-refractivity contribution in [2.24, 2.45) is 35.5 Å². The van der Waals surface area contributed by atoms with E-state index in [-0.39, 0.29) is 49.9 Å². The number of nitrogens with zero attached hydrogens (tertiary/aromatic N) is 7. The van der Waals surface area contributed by atoms with Gasteiger partial charge in [-0.1, -0.05) is 95.2 Å². The Morgan fingerprint density at radius 3 is 1.42 bits per heavy atom. The lowest BCUT2D eigenvalue weighted by Gasteiger charge is -2.42. The van der Waals surface area contributed by atoms with Crippen molar-refractivity contribution in [1.29, 1.82) is 0 Å². The molecule has 86 heavy (non-hydrogen) atoms. The van der Waals surface area contributed by atoms with Crippen LogP contribution in [0.25, 0.3) is 0 Å². The second-order valence-electron chi connectivity index (χ2n) is 26.5. The van der Waals surface area contributed by atoms with E-state index in [0.29, 0.717) is 6.42 Å². The number of hydrogen-bond acceptors (Lipinski definition) is 13. The summed E-state index contributed by atoms with van der Waals surface area (Å²) in [6.45, 7) is 28.1. The Bertz CT molecular complexity index is 2370. The van der Waals surface area contributed by atoms with Gasteiger partial charge in [-0.2, -0.15) is 0 Å². The van der Waals surface area contributed by atoms with Crippen LogP contribution in [-0.2, 0) is 52.7 Å². The number of carbonyl (C=O) groups excluding carboxylic acids is 11. The zero-order chi connectivity index (χ0) is 66.9. The van der Waals surface area contributed by atoms with Crippen molar-refractivity contribution in [2.45, 2.75) is 228 Å². The van der Waals surface area contributed by atoms with Crippen molar-refractivity contribution < 1.29 is 63.0 Å². The molecule has 0 aromatic carbocycles. The zero-order valence-corrected chi connectivity index (χ0v) is 56.4. The Balaban J connectivity index is 4.36. The van der Waals surface area contributed by atoms with Crippen LogP contribution in [0.5, 0.6) is 0 Å². The molecule has 1 saturated heterocycles. The second kappa shape index (κ2) is 34.4. The molecule has 24 heteroatoms. The molecule has 12 atom stereocenters. The quantitative estimate of drug-likeness (QED) is 0.129. The Morgan fingerprint density at radius 2 is 0.953 bits per heavy atom. The zero-order valence-electron chi connectivity index (χ0n) is 56.4. The molecule has 1 aliphatic rings. The average Bonchev–Trinajstić information content (AvgIpc) is 2.11. The monoisotopic (exact) mass is 1220 g/mol. The summed E-state index contributed by atoms with van der Waals surface area (Å²) in [6.07, 6.45) is 2.38. The standard InChI is InChI=1S/C62H111N11O13/c1-25-27-28-39(13)51(75)50-55(79)65-42(26-2)57(81)67(18)33-47(74)68(19)43(29-34(3)4)54(78)66-48(37(9)10)60(84)69(20)44(30-35(5)6)53(77)63-40(14)52(76)64-41(15)56(80)71(22)46(32-62(16,17)86)59(83)70(21)45(31-36(7)8)58(82)72(23)49(38(11)12)61(85)73(50)24/h25,27,34-46,48-51,75,86H,26,28-33H2,1-24H3,(H,63,77)(H,64,76)(H,65,79)(H,66,78)/t39-,40+,41-,42+,43+,44+,45+,46+,48+,49+,50?,51-/m1/s1. The maximum atomic E-state index is 15.1. The first kappa shape index (κ1) is 77.8. The van der Waals surface area contributed by atoms with Crippen molar-refractivity contribution in [3.63, 3.8) is 0 Å². The molecule has 1 fully saturated rings. The van der Waals surface area contributed by atoms with E-state index >= 15 is 9.59 Å². The van der Waals surface area contributed by atoms with Gasteiger partial charge in [0, 0.05) is 55.8 Å². The summed E-state index contributed by atoms with van der Waals surface area (Å²) in [6, 6.07) is -13.0. The largest absolute Gasteiger partial charge is 0.390 e. The van der Waals surface area contributed by atoms with E-state index in [9.17, 15) is 53.4 Å². The number of aliphatic hydroxyl groups excluding tert-OH is 1. The number of likely N-dealkylation sites (N-methyl/N-ethyl adjacent to an activating group) is 7.